The van der Waals surface area contributed by atoms with Crippen molar-refractivity contribution in [2.75, 3.05) is 18.4 Å². The number of imidazole rings is 1. The van der Waals surface area contributed by atoms with Crippen molar-refractivity contribution < 1.29 is 17.2 Å². The highest BCUT2D eigenvalue weighted by Crippen LogP contribution is 2.33. The van der Waals surface area contributed by atoms with Crippen LogP contribution in [0.2, 0.25) is 0 Å². The molecule has 3 aromatic rings. The van der Waals surface area contributed by atoms with Crippen molar-refractivity contribution in [3.63, 3.8) is 0 Å². The quantitative estimate of drug-likeness (QED) is 0.655. The minimum Gasteiger partial charge on any atom is -0.380 e. The second-order valence-electron chi connectivity index (χ2n) is 7.41. The summed E-state index contributed by atoms with van der Waals surface area (Å²) in [6.45, 7) is 0.267. The van der Waals surface area contributed by atoms with Gasteiger partial charge in [0.05, 0.1) is 11.9 Å². The van der Waals surface area contributed by atoms with Gasteiger partial charge < -0.3 is 9.88 Å². The fraction of sp³-hybridized carbons (Fsp3) is 0.238. The summed E-state index contributed by atoms with van der Waals surface area (Å²) >= 11 is 0. The maximum Gasteiger partial charge on any atom is 0.262 e. The van der Waals surface area contributed by atoms with E-state index in [2.05, 4.69) is 10.3 Å². The normalized spacial score (nSPS) is 19.3. The fourth-order valence-electron chi connectivity index (χ4n) is 3.72. The van der Waals surface area contributed by atoms with Crippen LogP contribution in [0.5, 0.6) is 0 Å². The third-order valence-electron chi connectivity index (χ3n) is 5.31. The van der Waals surface area contributed by atoms with E-state index in [1.807, 2.05) is 0 Å². The van der Waals surface area contributed by atoms with Crippen LogP contribution < -0.4 is 5.32 Å². The van der Waals surface area contributed by atoms with E-state index in [0.717, 1.165) is 5.56 Å². The first-order valence-electron chi connectivity index (χ1n) is 9.47. The van der Waals surface area contributed by atoms with Crippen molar-refractivity contribution in [1.29, 1.82) is 5.26 Å². The van der Waals surface area contributed by atoms with Gasteiger partial charge in [0.2, 0.25) is 0 Å². The van der Waals surface area contributed by atoms with E-state index in [1.165, 1.54) is 41.1 Å². The van der Waals surface area contributed by atoms with Gasteiger partial charge in [-0.05, 0) is 35.9 Å². The highest BCUT2D eigenvalue weighted by Gasteiger charge is 2.41. The molecule has 1 saturated heterocycles. The van der Waals surface area contributed by atoms with Crippen LogP contribution in [0.25, 0.3) is 0 Å². The number of sulfonamides is 1. The van der Waals surface area contributed by atoms with Gasteiger partial charge in [0, 0.05) is 44.0 Å². The summed E-state index contributed by atoms with van der Waals surface area (Å²) in [6.07, 6.45) is 2.84. The minimum atomic E-state index is -3.84. The molecule has 1 fully saturated rings. The Bertz CT molecular complexity index is 1250. The Morgan fingerprint density at radius 1 is 1.16 bits per heavy atom. The second-order valence-corrected chi connectivity index (χ2v) is 9.30. The molecule has 2 heterocycles. The van der Waals surface area contributed by atoms with E-state index < -0.39 is 27.7 Å². The van der Waals surface area contributed by atoms with Gasteiger partial charge in [0.1, 0.15) is 17.7 Å². The molecule has 2 atom stereocenters. The first kappa shape index (κ1) is 21.0. The Hall–Kier alpha value is -3.29. The van der Waals surface area contributed by atoms with Crippen LogP contribution in [0.4, 0.5) is 14.5 Å². The minimum absolute atomic E-state index is 0.0575. The SMILES string of the molecule is Cn1cnc(S(=O)(=O)N2C[C@H](Nc3ccc(C#N)c(F)c3)[C@@H](c3ccc(F)cc3)C2)c1. The van der Waals surface area contributed by atoms with Gasteiger partial charge >= 0.3 is 0 Å². The van der Waals surface area contributed by atoms with E-state index in [1.54, 1.807) is 35.9 Å². The number of hydrogen-bond donors (Lipinski definition) is 1. The molecule has 0 aliphatic carbocycles. The smallest absolute Gasteiger partial charge is 0.262 e. The van der Waals surface area contributed by atoms with Crippen LogP contribution in [-0.2, 0) is 17.1 Å². The van der Waals surface area contributed by atoms with Crippen molar-refractivity contribution in [3.05, 3.63) is 77.8 Å². The second kappa shape index (κ2) is 8.09. The molecule has 31 heavy (non-hydrogen) atoms. The average Bonchev–Trinajstić information content (AvgIpc) is 3.36. The van der Waals surface area contributed by atoms with E-state index >= 15 is 0 Å². The van der Waals surface area contributed by atoms with Crippen LogP contribution in [0.15, 0.2) is 60.0 Å². The molecule has 4 rings (SSSR count). The Balaban J connectivity index is 1.66. The number of hydrogen-bond acceptors (Lipinski definition) is 5. The van der Waals surface area contributed by atoms with Crippen molar-refractivity contribution in [3.8, 4) is 6.07 Å². The first-order valence-corrected chi connectivity index (χ1v) is 10.9. The molecule has 1 N–H and O–H groups in total. The summed E-state index contributed by atoms with van der Waals surface area (Å²) in [7, 11) is -2.16. The maximum atomic E-state index is 14.1. The van der Waals surface area contributed by atoms with E-state index in [4.69, 9.17) is 5.26 Å². The van der Waals surface area contributed by atoms with Gasteiger partial charge in [-0.3, -0.25) is 0 Å². The average molecular weight is 443 g/mol. The molecule has 0 saturated carbocycles. The zero-order valence-corrected chi connectivity index (χ0v) is 17.4. The van der Waals surface area contributed by atoms with E-state index in [-0.39, 0.29) is 29.6 Å². The number of aromatic nitrogens is 2. The molecule has 0 spiro atoms. The summed E-state index contributed by atoms with van der Waals surface area (Å²) in [4.78, 5) is 3.96. The highest BCUT2D eigenvalue weighted by molar-refractivity contribution is 7.89. The molecule has 1 aromatic heterocycles. The van der Waals surface area contributed by atoms with Crippen molar-refractivity contribution >= 4 is 15.7 Å². The first-order chi connectivity index (χ1) is 14.8. The van der Waals surface area contributed by atoms with Crippen LogP contribution in [0.3, 0.4) is 0 Å². The molecule has 10 heteroatoms. The Morgan fingerprint density at radius 3 is 2.52 bits per heavy atom. The molecular weight excluding hydrogens is 424 g/mol. The van der Waals surface area contributed by atoms with Gasteiger partial charge in [-0.2, -0.15) is 9.57 Å². The predicted octanol–water partition coefficient (Wildman–Crippen LogP) is 2.84. The Labute approximate surface area is 178 Å². The molecule has 0 unspecified atom stereocenters. The van der Waals surface area contributed by atoms with Crippen molar-refractivity contribution in [2.45, 2.75) is 17.0 Å². The molecule has 0 bridgehead atoms. The summed E-state index contributed by atoms with van der Waals surface area (Å²) < 4.78 is 56.5. The standard InChI is InChI=1S/C21H19F2N5O2S/c1-27-12-21(25-13-27)31(29,30)28-10-18(14-2-5-16(22)6-3-14)20(11-28)26-17-7-4-15(9-24)19(23)8-17/h2-8,12-13,18,20,26H,10-11H2,1H3/t18-,20+/m1/s1. The number of nitriles is 1. The molecule has 160 valence electrons. The van der Waals surface area contributed by atoms with Crippen LogP contribution in [0, 0.1) is 23.0 Å². The largest absolute Gasteiger partial charge is 0.380 e. The van der Waals surface area contributed by atoms with Gasteiger partial charge in [-0.15, -0.1) is 0 Å². The lowest BCUT2D eigenvalue weighted by Crippen LogP contribution is -2.32. The molecule has 7 nitrogen and oxygen atoms in total. The lowest BCUT2D eigenvalue weighted by atomic mass is 9.94. The number of rotatable bonds is 5. The molecular formula is C21H19F2N5O2S. The molecule has 2 aromatic carbocycles. The van der Waals surface area contributed by atoms with Gasteiger partial charge in [-0.25, -0.2) is 22.2 Å². The maximum absolute atomic E-state index is 14.1. The summed E-state index contributed by atoms with van der Waals surface area (Å²) in [6, 6.07) is 11.4. The van der Waals surface area contributed by atoms with E-state index in [9.17, 15) is 17.2 Å². The number of nitrogens with zero attached hydrogens (tertiary/aromatic N) is 4. The molecule has 1 aliphatic rings. The number of nitrogens with one attached hydrogen (secondary N) is 1. The molecule has 1 aliphatic heterocycles. The third-order valence-corrected chi connectivity index (χ3v) is 7.03. The monoisotopic (exact) mass is 443 g/mol. The van der Waals surface area contributed by atoms with Crippen LogP contribution in [-0.4, -0.2) is 41.4 Å². The fourth-order valence-corrected chi connectivity index (χ4v) is 5.18. The van der Waals surface area contributed by atoms with Crippen molar-refractivity contribution in [2.24, 2.45) is 7.05 Å². The summed E-state index contributed by atoms with van der Waals surface area (Å²) in [5.41, 5.74) is 1.10. The number of anilines is 1. The number of halogens is 2. The van der Waals surface area contributed by atoms with E-state index in [0.29, 0.717) is 5.69 Å². The van der Waals surface area contributed by atoms with Gasteiger partial charge in [0.15, 0.2) is 5.03 Å². The summed E-state index contributed by atoms with van der Waals surface area (Å²) in [5, 5.41) is 12.0. The third kappa shape index (κ3) is 4.15. The Morgan fingerprint density at radius 2 is 1.90 bits per heavy atom. The van der Waals surface area contributed by atoms with Crippen LogP contribution in [0.1, 0.15) is 17.0 Å². The zero-order chi connectivity index (χ0) is 22.2. The van der Waals surface area contributed by atoms with Gasteiger partial charge in [-0.1, -0.05) is 12.1 Å². The summed E-state index contributed by atoms with van der Waals surface area (Å²) in [5.74, 6) is -1.36. The predicted molar refractivity (Wildman–Crippen MR) is 110 cm³/mol. The topological polar surface area (TPSA) is 91.0 Å². The number of benzene rings is 2. The van der Waals surface area contributed by atoms with Crippen molar-refractivity contribution in [1.82, 2.24) is 13.9 Å². The number of aryl methyl sites for hydroxylation is 1. The van der Waals surface area contributed by atoms with Gasteiger partial charge in [0.25, 0.3) is 10.0 Å². The molecule has 0 radical (unpaired) electrons. The molecule has 0 amide bonds. The lowest BCUT2D eigenvalue weighted by molar-refractivity contribution is 0.468. The highest BCUT2D eigenvalue weighted by atomic mass is 32.2. The van der Waals surface area contributed by atoms with Crippen LogP contribution >= 0.6 is 0 Å². The Kier molecular flexibility index (Phi) is 5.47. The lowest BCUT2D eigenvalue weighted by Gasteiger charge is -2.21. The zero-order valence-electron chi connectivity index (χ0n) is 16.5.